The molecule has 3 N–H and O–H groups in total. The summed E-state index contributed by atoms with van der Waals surface area (Å²) in [6.07, 6.45) is 7.17. The molecule has 0 bridgehead atoms. The number of hydrogen-bond donors (Lipinski definition) is 3. The van der Waals surface area contributed by atoms with E-state index < -0.39 is 74.4 Å². The topological polar surface area (TPSA) is 163 Å². The molecule has 3 fully saturated rings. The first-order valence-corrected chi connectivity index (χ1v) is 20.4. The zero-order valence-electron chi connectivity index (χ0n) is 30.1. The minimum atomic E-state index is -3.91. The van der Waals surface area contributed by atoms with Gasteiger partial charge in [0.1, 0.15) is 35.3 Å². The SMILES string of the molecule is O=C(N[C@H]1CCCCC/C=C\C2CC2(C(=O)NS(=O)(=O)C2CC2)NC(=O)[C@@H]2C[C@@H](ON=C3c4ccccc4-c4ccccc43)CN2C1=O)c1cccc(F)c1. The second-order valence-corrected chi connectivity index (χ2v) is 17.0. The summed E-state index contributed by atoms with van der Waals surface area (Å²) in [5.41, 5.74) is 2.92. The fraction of sp³-hybridized carbons (Fsp3) is 0.390. The van der Waals surface area contributed by atoms with E-state index in [1.807, 2.05) is 60.7 Å². The van der Waals surface area contributed by atoms with Gasteiger partial charge >= 0.3 is 0 Å². The number of allylic oxidation sites excluding steroid dienone is 1. The normalized spacial score (nSPS) is 26.9. The van der Waals surface area contributed by atoms with Crippen molar-refractivity contribution < 1.29 is 36.8 Å². The fourth-order valence-corrected chi connectivity index (χ4v) is 9.29. The van der Waals surface area contributed by atoms with E-state index in [0.717, 1.165) is 41.2 Å². The van der Waals surface area contributed by atoms with Crippen LogP contribution in [-0.4, -0.2) is 78.2 Å². The van der Waals surface area contributed by atoms with E-state index in [-0.39, 0.29) is 31.4 Å². The summed E-state index contributed by atoms with van der Waals surface area (Å²) in [7, 11) is -3.91. The number of halogens is 1. The Hall–Kier alpha value is -5.37. The van der Waals surface area contributed by atoms with Crippen molar-refractivity contribution in [2.24, 2.45) is 11.1 Å². The number of rotatable bonds is 7. The van der Waals surface area contributed by atoms with E-state index >= 15 is 0 Å². The summed E-state index contributed by atoms with van der Waals surface area (Å²) in [6.45, 7) is -0.0537. The zero-order valence-corrected chi connectivity index (χ0v) is 30.9. The average molecular weight is 768 g/mol. The summed E-state index contributed by atoms with van der Waals surface area (Å²) >= 11 is 0. The van der Waals surface area contributed by atoms with Crippen LogP contribution in [0.4, 0.5) is 4.39 Å². The van der Waals surface area contributed by atoms with E-state index in [1.54, 1.807) is 0 Å². The number of nitrogens with zero attached hydrogens (tertiary/aromatic N) is 2. The quantitative estimate of drug-likeness (QED) is 0.186. The first-order chi connectivity index (χ1) is 26.5. The molecule has 2 saturated carbocycles. The average Bonchev–Trinajstić information content (AvgIpc) is 4.08. The molecular formula is C41H42FN5O7S. The lowest BCUT2D eigenvalue weighted by molar-refractivity contribution is -0.141. The molecule has 2 aliphatic heterocycles. The fourth-order valence-electron chi connectivity index (χ4n) is 7.93. The van der Waals surface area contributed by atoms with Crippen molar-refractivity contribution in [3.8, 4) is 11.1 Å². The number of amides is 4. The highest BCUT2D eigenvalue weighted by Crippen LogP contribution is 2.46. The van der Waals surface area contributed by atoms with Crippen LogP contribution in [0.1, 0.15) is 79.3 Å². The molecule has 5 atom stereocenters. The van der Waals surface area contributed by atoms with Crippen LogP contribution in [0, 0.1) is 11.7 Å². The van der Waals surface area contributed by atoms with E-state index in [1.165, 1.54) is 23.1 Å². The second kappa shape index (κ2) is 14.7. The third-order valence-corrected chi connectivity index (χ3v) is 13.0. The molecule has 2 heterocycles. The molecule has 3 aliphatic carbocycles. The third kappa shape index (κ3) is 7.39. The van der Waals surface area contributed by atoms with Crippen LogP contribution in [0.3, 0.4) is 0 Å². The Kier molecular flexibility index (Phi) is 9.78. The second-order valence-electron chi connectivity index (χ2n) is 15.0. The van der Waals surface area contributed by atoms with E-state index in [0.29, 0.717) is 31.4 Å². The maximum absolute atomic E-state index is 14.5. The summed E-state index contributed by atoms with van der Waals surface area (Å²) in [6, 6.07) is 18.6. The Labute approximate surface area is 318 Å². The van der Waals surface area contributed by atoms with Crippen molar-refractivity contribution >= 4 is 39.4 Å². The standard InChI is InChI=1S/C41H42FN5O7S/c42-27-13-10-11-25(21-27)37(48)43-34-18-5-3-1-2-4-12-26-23-41(26,40(51)46-55(52,53)29-19-20-29)44-38(49)35-22-28(24-47(35)39(34)50)54-45-36-32-16-8-6-14-30(32)31-15-7-9-17-33(31)36/h4,6-17,21,26,28-29,34-35H,1-3,5,18-20,22-24H2,(H,43,48)(H,44,49)(H,46,51)/b12-4-/t26?,28-,34+,35+,41?/m1/s1. The maximum Gasteiger partial charge on any atom is 0.259 e. The van der Waals surface area contributed by atoms with Crippen LogP contribution in [0.2, 0.25) is 0 Å². The van der Waals surface area contributed by atoms with Crippen LogP contribution in [0.15, 0.2) is 90.1 Å². The van der Waals surface area contributed by atoms with E-state index in [2.05, 4.69) is 20.5 Å². The van der Waals surface area contributed by atoms with Gasteiger partial charge < -0.3 is 20.4 Å². The van der Waals surface area contributed by atoms with Crippen LogP contribution in [0.5, 0.6) is 0 Å². The van der Waals surface area contributed by atoms with Crippen molar-refractivity contribution in [2.75, 3.05) is 6.54 Å². The molecule has 2 unspecified atom stereocenters. The largest absolute Gasteiger partial charge is 0.390 e. The summed E-state index contributed by atoms with van der Waals surface area (Å²) in [5, 5.41) is 9.60. The molecule has 3 aromatic carbocycles. The van der Waals surface area contributed by atoms with Gasteiger partial charge in [0, 0.05) is 29.0 Å². The Morgan fingerprint density at radius 1 is 0.909 bits per heavy atom. The highest BCUT2D eigenvalue weighted by molar-refractivity contribution is 7.91. The maximum atomic E-state index is 14.5. The number of fused-ring (bicyclic) bond motifs is 5. The van der Waals surface area contributed by atoms with Crippen LogP contribution < -0.4 is 15.4 Å². The minimum absolute atomic E-state index is 0.0147. The third-order valence-electron chi connectivity index (χ3n) is 11.2. The molecule has 14 heteroatoms. The van der Waals surface area contributed by atoms with Crippen molar-refractivity contribution in [1.29, 1.82) is 0 Å². The van der Waals surface area contributed by atoms with Gasteiger partial charge in [0.05, 0.1) is 11.8 Å². The van der Waals surface area contributed by atoms with Crippen molar-refractivity contribution in [3.05, 3.63) is 107 Å². The van der Waals surface area contributed by atoms with Gasteiger partial charge in [-0.1, -0.05) is 84.7 Å². The lowest BCUT2D eigenvalue weighted by Crippen LogP contribution is -2.58. The molecule has 8 rings (SSSR count). The number of carbonyl (C=O) groups excluding carboxylic acids is 4. The van der Waals surface area contributed by atoms with Gasteiger partial charge in [-0.15, -0.1) is 0 Å². The lowest BCUT2D eigenvalue weighted by atomic mass is 10.0. The predicted molar refractivity (Wildman–Crippen MR) is 201 cm³/mol. The van der Waals surface area contributed by atoms with Crippen LogP contribution >= 0.6 is 0 Å². The van der Waals surface area contributed by atoms with Gasteiger partial charge in [-0.25, -0.2) is 12.8 Å². The molecule has 0 spiro atoms. The van der Waals surface area contributed by atoms with Gasteiger partial charge in [-0.3, -0.25) is 23.9 Å². The Morgan fingerprint density at radius 3 is 2.31 bits per heavy atom. The zero-order chi connectivity index (χ0) is 38.3. The number of oxime groups is 1. The molecule has 286 valence electrons. The highest BCUT2D eigenvalue weighted by Gasteiger charge is 2.62. The van der Waals surface area contributed by atoms with E-state index in [4.69, 9.17) is 4.84 Å². The summed E-state index contributed by atoms with van der Waals surface area (Å²) < 4.78 is 42.0. The van der Waals surface area contributed by atoms with E-state index in [9.17, 15) is 32.0 Å². The molecule has 5 aliphatic rings. The molecule has 55 heavy (non-hydrogen) atoms. The smallest absolute Gasteiger partial charge is 0.259 e. The molecule has 1 saturated heterocycles. The van der Waals surface area contributed by atoms with Crippen molar-refractivity contribution in [2.45, 2.75) is 86.8 Å². The van der Waals surface area contributed by atoms with Gasteiger partial charge in [-0.05, 0) is 67.9 Å². The Balaban J connectivity index is 1.10. The molecule has 3 aromatic rings. The van der Waals surface area contributed by atoms with Crippen molar-refractivity contribution in [1.82, 2.24) is 20.3 Å². The Bertz CT molecular complexity index is 2180. The van der Waals surface area contributed by atoms with Gasteiger partial charge in [0.2, 0.25) is 21.8 Å². The van der Waals surface area contributed by atoms with Gasteiger partial charge in [-0.2, -0.15) is 0 Å². The predicted octanol–water partition coefficient (Wildman–Crippen LogP) is 4.35. The monoisotopic (exact) mass is 767 g/mol. The molecule has 0 aromatic heterocycles. The molecule has 4 amide bonds. The summed E-state index contributed by atoms with van der Waals surface area (Å²) in [4.78, 5) is 63.5. The Morgan fingerprint density at radius 2 is 1.62 bits per heavy atom. The molecular weight excluding hydrogens is 726 g/mol. The first-order valence-electron chi connectivity index (χ1n) is 18.9. The van der Waals surface area contributed by atoms with Gasteiger partial charge in [0.15, 0.2) is 0 Å². The van der Waals surface area contributed by atoms with Crippen molar-refractivity contribution in [3.63, 3.8) is 0 Å². The number of benzene rings is 3. The number of nitrogens with one attached hydrogen (secondary N) is 3. The molecule has 0 radical (unpaired) electrons. The van der Waals surface area contributed by atoms with Crippen LogP contribution in [0.25, 0.3) is 11.1 Å². The first kappa shape index (κ1) is 36.6. The minimum Gasteiger partial charge on any atom is -0.390 e. The lowest BCUT2D eigenvalue weighted by Gasteiger charge is -2.30. The number of carbonyl (C=O) groups is 4. The number of hydrogen-bond acceptors (Lipinski definition) is 8. The van der Waals surface area contributed by atoms with Crippen LogP contribution in [-0.2, 0) is 29.2 Å². The number of sulfonamides is 1. The van der Waals surface area contributed by atoms with Gasteiger partial charge in [0.25, 0.3) is 11.8 Å². The summed E-state index contributed by atoms with van der Waals surface area (Å²) in [5.74, 6) is -3.66. The highest BCUT2D eigenvalue weighted by atomic mass is 32.2. The molecule has 12 nitrogen and oxygen atoms in total.